The number of H-pyrrole nitrogens is 2. The Labute approximate surface area is 197 Å². The molecule has 3 aromatic rings. The smallest absolute Gasteiger partial charge is 0.439 e. The molecule has 4 rings (SSSR count). The fraction of sp³-hybridized carbons (Fsp3) is 0.211. The first-order chi connectivity index (χ1) is 16.0. The van der Waals surface area contributed by atoms with Gasteiger partial charge in [-0.2, -0.15) is 0 Å². The van der Waals surface area contributed by atoms with Crippen LogP contribution >= 0.6 is 23.2 Å². The highest BCUT2D eigenvalue weighted by Crippen LogP contribution is 2.39. The van der Waals surface area contributed by atoms with Crippen LogP contribution in [0.3, 0.4) is 0 Å². The molecule has 2 amide bonds. The molecule has 0 radical (unpaired) electrons. The summed E-state index contributed by atoms with van der Waals surface area (Å²) in [6.07, 6.45) is 0.140. The van der Waals surface area contributed by atoms with Crippen LogP contribution in [-0.2, 0) is 0 Å². The number of aromatic amines is 2. The van der Waals surface area contributed by atoms with Gasteiger partial charge in [-0.3, -0.25) is 23.9 Å². The number of amides is 2. The number of carbonyl (C=O) groups is 2. The van der Waals surface area contributed by atoms with E-state index < -0.39 is 47.9 Å². The Morgan fingerprint density at radius 1 is 1.15 bits per heavy atom. The van der Waals surface area contributed by atoms with Gasteiger partial charge in [0.2, 0.25) is 5.82 Å². The Hall–Kier alpha value is -3.71. The van der Waals surface area contributed by atoms with Gasteiger partial charge in [0.05, 0.1) is 10.0 Å². The summed E-state index contributed by atoms with van der Waals surface area (Å²) >= 11 is 12.4. The lowest BCUT2D eigenvalue weighted by Crippen LogP contribution is -2.51. The van der Waals surface area contributed by atoms with Crippen molar-refractivity contribution in [2.75, 3.05) is 5.32 Å². The number of alkyl halides is 2. The van der Waals surface area contributed by atoms with Crippen LogP contribution in [0.4, 0.5) is 14.5 Å². The average Bonchev–Trinajstić information content (AvgIpc) is 3.17. The number of ether oxygens (including phenoxy) is 1. The second-order valence-corrected chi connectivity index (χ2v) is 8.10. The van der Waals surface area contributed by atoms with Gasteiger partial charge >= 0.3 is 5.76 Å². The quantitative estimate of drug-likeness (QED) is 0.392. The van der Waals surface area contributed by atoms with Crippen molar-refractivity contribution >= 4 is 40.7 Å². The average molecular weight is 516 g/mol. The molecule has 1 aromatic carbocycles. The number of hydrogen-bond donors (Lipinski definition) is 4. The lowest BCUT2D eigenvalue weighted by molar-refractivity contribution is -0.0901. The fourth-order valence-corrected chi connectivity index (χ4v) is 3.65. The van der Waals surface area contributed by atoms with E-state index in [0.717, 1.165) is 12.3 Å². The summed E-state index contributed by atoms with van der Waals surface area (Å²) in [6.45, 7) is 0. The van der Waals surface area contributed by atoms with Gasteiger partial charge in [0.15, 0.2) is 5.75 Å². The molecular formula is C19H13Cl2F2N5O6. The minimum Gasteiger partial charge on any atom is -0.453 e. The summed E-state index contributed by atoms with van der Waals surface area (Å²) in [7, 11) is 0. The van der Waals surface area contributed by atoms with Crippen molar-refractivity contribution in [1.29, 1.82) is 0 Å². The highest BCUT2D eigenvalue weighted by atomic mass is 35.5. The van der Waals surface area contributed by atoms with E-state index >= 15 is 0 Å². The van der Waals surface area contributed by atoms with Crippen molar-refractivity contribution in [3.63, 3.8) is 0 Å². The topological polar surface area (TPSA) is 159 Å². The molecule has 0 spiro atoms. The molecule has 178 valence electrons. The standard InChI is InChI=1S/C19H13Cl2F2N5O6/c20-11-1-7(25-17(31)14-27-18(32)34-28-14)2-12(21)13(11)33-9-3-10(15(29)24-6-9)16(30)26-8-4-19(22,23)5-8/h1-3,6,8H,4-5H2,(H,24,29)(H,25,31)(H,26,30)(H,27,28,32). The number of nitrogens with zero attached hydrogens (tertiary/aromatic N) is 1. The molecule has 0 atom stereocenters. The number of nitrogens with one attached hydrogen (secondary N) is 4. The van der Waals surface area contributed by atoms with Crippen LogP contribution < -0.4 is 26.7 Å². The van der Waals surface area contributed by atoms with Gasteiger partial charge in [-0.15, -0.1) is 0 Å². The monoisotopic (exact) mass is 515 g/mol. The lowest BCUT2D eigenvalue weighted by atomic mass is 9.88. The molecule has 0 aliphatic heterocycles. The molecule has 0 unspecified atom stereocenters. The molecule has 0 saturated heterocycles. The number of carbonyl (C=O) groups excluding carboxylic acids is 2. The van der Waals surface area contributed by atoms with Crippen LogP contribution in [0.2, 0.25) is 10.0 Å². The van der Waals surface area contributed by atoms with Gasteiger partial charge in [0.1, 0.15) is 11.3 Å². The normalized spacial score (nSPS) is 14.8. The number of rotatable bonds is 6. The summed E-state index contributed by atoms with van der Waals surface area (Å²) in [5.74, 6) is -5.84. The number of anilines is 1. The van der Waals surface area contributed by atoms with Gasteiger partial charge in [-0.25, -0.2) is 13.6 Å². The maximum Gasteiger partial charge on any atom is 0.439 e. The van der Waals surface area contributed by atoms with Crippen LogP contribution in [0, 0.1) is 0 Å². The second-order valence-electron chi connectivity index (χ2n) is 7.28. The van der Waals surface area contributed by atoms with Crippen molar-refractivity contribution in [2.24, 2.45) is 0 Å². The highest BCUT2D eigenvalue weighted by Gasteiger charge is 2.46. The van der Waals surface area contributed by atoms with E-state index in [9.17, 15) is 28.0 Å². The van der Waals surface area contributed by atoms with Gasteiger partial charge in [0, 0.05) is 36.8 Å². The zero-order chi connectivity index (χ0) is 24.6. The van der Waals surface area contributed by atoms with E-state index in [1.165, 1.54) is 12.1 Å². The summed E-state index contributed by atoms with van der Waals surface area (Å²) < 4.78 is 35.8. The molecule has 34 heavy (non-hydrogen) atoms. The minimum atomic E-state index is -2.83. The Kier molecular flexibility index (Phi) is 6.15. The predicted molar refractivity (Wildman–Crippen MR) is 114 cm³/mol. The number of hydrogen-bond acceptors (Lipinski definition) is 7. The molecule has 1 fully saturated rings. The largest absolute Gasteiger partial charge is 0.453 e. The van der Waals surface area contributed by atoms with Crippen LogP contribution in [0.1, 0.15) is 33.8 Å². The van der Waals surface area contributed by atoms with Crippen molar-refractivity contribution in [3.05, 3.63) is 66.7 Å². The second kappa shape index (κ2) is 8.91. The van der Waals surface area contributed by atoms with E-state index in [1.54, 1.807) is 0 Å². The fourth-order valence-electron chi connectivity index (χ4n) is 3.08. The third-order valence-electron chi connectivity index (χ3n) is 4.68. The van der Waals surface area contributed by atoms with E-state index in [0.29, 0.717) is 0 Å². The highest BCUT2D eigenvalue weighted by molar-refractivity contribution is 6.37. The SMILES string of the molecule is O=C(Nc1cc(Cl)c(Oc2c[nH]c(=O)c(C(=O)NC3CC(F)(F)C3)c2)c(Cl)c1)c1noc(=O)[nH]1. The van der Waals surface area contributed by atoms with Gasteiger partial charge in [0.25, 0.3) is 23.3 Å². The molecular weight excluding hydrogens is 503 g/mol. The molecule has 1 saturated carbocycles. The zero-order valence-electron chi connectivity index (χ0n) is 16.7. The Morgan fingerprint density at radius 2 is 1.82 bits per heavy atom. The van der Waals surface area contributed by atoms with Crippen LogP contribution in [-0.4, -0.2) is 38.9 Å². The summed E-state index contributed by atoms with van der Waals surface area (Å²) in [6, 6.07) is 2.94. The third kappa shape index (κ3) is 5.10. The molecule has 15 heteroatoms. The predicted octanol–water partition coefficient (Wildman–Crippen LogP) is 2.93. The maximum atomic E-state index is 13.0. The molecule has 0 bridgehead atoms. The maximum absolute atomic E-state index is 13.0. The van der Waals surface area contributed by atoms with Crippen molar-refractivity contribution in [2.45, 2.75) is 24.8 Å². The molecule has 1 aliphatic carbocycles. The van der Waals surface area contributed by atoms with E-state index in [1.807, 2.05) is 0 Å². The summed E-state index contributed by atoms with van der Waals surface area (Å²) in [5, 5.41) is 7.91. The van der Waals surface area contributed by atoms with Crippen LogP contribution in [0.15, 0.2) is 38.5 Å². The molecule has 11 nitrogen and oxygen atoms in total. The van der Waals surface area contributed by atoms with Gasteiger partial charge in [-0.05, 0) is 17.3 Å². The Bertz CT molecular complexity index is 1370. The first kappa shape index (κ1) is 23.4. The first-order valence-electron chi connectivity index (χ1n) is 9.46. The molecule has 4 N–H and O–H groups in total. The number of benzene rings is 1. The zero-order valence-corrected chi connectivity index (χ0v) is 18.2. The summed E-state index contributed by atoms with van der Waals surface area (Å²) in [5.41, 5.74) is -0.974. The number of halogens is 4. The van der Waals surface area contributed by atoms with Crippen LogP contribution in [0.25, 0.3) is 0 Å². The van der Waals surface area contributed by atoms with Crippen molar-refractivity contribution in [3.8, 4) is 11.5 Å². The van der Waals surface area contributed by atoms with Gasteiger partial charge in [-0.1, -0.05) is 23.2 Å². The Morgan fingerprint density at radius 3 is 2.41 bits per heavy atom. The van der Waals surface area contributed by atoms with Gasteiger partial charge < -0.3 is 20.4 Å². The van der Waals surface area contributed by atoms with Crippen molar-refractivity contribution in [1.82, 2.24) is 20.4 Å². The van der Waals surface area contributed by atoms with Crippen LogP contribution in [0.5, 0.6) is 11.5 Å². The minimum absolute atomic E-state index is 0.0237. The molecule has 2 heterocycles. The van der Waals surface area contributed by atoms with E-state index in [-0.39, 0.29) is 38.6 Å². The number of pyridine rings is 1. The third-order valence-corrected chi connectivity index (χ3v) is 5.24. The molecule has 2 aromatic heterocycles. The van der Waals surface area contributed by atoms with Crippen molar-refractivity contribution < 1.29 is 27.6 Å². The van der Waals surface area contributed by atoms with E-state index in [2.05, 4.69) is 30.3 Å². The lowest BCUT2D eigenvalue weighted by Gasteiger charge is -2.35. The molecule has 1 aliphatic rings. The first-order valence-corrected chi connectivity index (χ1v) is 10.2. The summed E-state index contributed by atoms with van der Waals surface area (Å²) in [4.78, 5) is 51.8. The van der Waals surface area contributed by atoms with E-state index in [4.69, 9.17) is 27.9 Å². The Balaban J connectivity index is 1.49. The number of aromatic nitrogens is 3.